The zero-order valence-electron chi connectivity index (χ0n) is 18.6. The van der Waals surface area contributed by atoms with Gasteiger partial charge in [-0.2, -0.15) is 10.1 Å². The highest BCUT2D eigenvalue weighted by Gasteiger charge is 2.20. The number of hydrogen-bond acceptors (Lipinski definition) is 6. The summed E-state index contributed by atoms with van der Waals surface area (Å²) >= 11 is 0. The number of H-pyrrole nitrogens is 1. The largest absolute Gasteiger partial charge is 0.381 e. The highest BCUT2D eigenvalue weighted by Crippen LogP contribution is 2.29. The molecule has 1 aliphatic heterocycles. The van der Waals surface area contributed by atoms with Crippen LogP contribution in [0, 0.1) is 0 Å². The van der Waals surface area contributed by atoms with Crippen molar-refractivity contribution in [2.24, 2.45) is 0 Å². The number of aromatic amines is 1. The van der Waals surface area contributed by atoms with Crippen LogP contribution in [-0.4, -0.2) is 61.9 Å². The fraction of sp³-hybridized carbons (Fsp3) is 0.391. The van der Waals surface area contributed by atoms with E-state index in [2.05, 4.69) is 30.7 Å². The van der Waals surface area contributed by atoms with Crippen LogP contribution < -0.4 is 10.6 Å². The maximum absolute atomic E-state index is 13.8. The molecule has 10 heteroatoms. The van der Waals surface area contributed by atoms with E-state index < -0.39 is 5.67 Å². The number of fused-ring (bicyclic) bond motifs is 2. The molecule has 3 N–H and O–H groups in total. The molecule has 9 nitrogen and oxygen atoms in total. The Morgan fingerprint density at radius 1 is 1.33 bits per heavy atom. The van der Waals surface area contributed by atoms with E-state index in [0.717, 1.165) is 48.2 Å². The maximum atomic E-state index is 13.8. The van der Waals surface area contributed by atoms with E-state index in [1.807, 2.05) is 18.3 Å². The summed E-state index contributed by atoms with van der Waals surface area (Å²) in [6.45, 7) is 4.26. The van der Waals surface area contributed by atoms with Crippen LogP contribution in [-0.2, 0) is 4.74 Å². The average Bonchev–Trinajstić information content (AvgIpc) is 3.41. The molecule has 172 valence electrons. The lowest BCUT2D eigenvalue weighted by atomic mass is 10.1. The third-order valence-corrected chi connectivity index (χ3v) is 5.73. The van der Waals surface area contributed by atoms with Gasteiger partial charge in [-0.1, -0.05) is 0 Å². The van der Waals surface area contributed by atoms with Gasteiger partial charge in [-0.05, 0) is 44.4 Å². The lowest BCUT2D eigenvalue weighted by Gasteiger charge is -2.22. The Labute approximate surface area is 189 Å². The number of pyridine rings is 1. The van der Waals surface area contributed by atoms with Crippen LogP contribution in [0.5, 0.6) is 0 Å². The highest BCUT2D eigenvalue weighted by atomic mass is 19.1. The van der Waals surface area contributed by atoms with Crippen molar-refractivity contribution in [3.05, 3.63) is 42.5 Å². The second-order valence-corrected chi connectivity index (χ2v) is 8.89. The number of halogens is 1. The van der Waals surface area contributed by atoms with Gasteiger partial charge in [0, 0.05) is 48.8 Å². The summed E-state index contributed by atoms with van der Waals surface area (Å²) in [6, 6.07) is 4.12. The minimum atomic E-state index is -1.49. The molecule has 0 spiro atoms. The van der Waals surface area contributed by atoms with Crippen molar-refractivity contribution in [1.29, 1.82) is 0 Å². The lowest BCUT2D eigenvalue weighted by Crippen LogP contribution is -2.35. The molecule has 1 aliphatic rings. The van der Waals surface area contributed by atoms with E-state index in [1.165, 1.54) is 20.0 Å². The van der Waals surface area contributed by atoms with Crippen LogP contribution in [0.25, 0.3) is 27.7 Å². The van der Waals surface area contributed by atoms with Crippen molar-refractivity contribution in [3.8, 4) is 11.1 Å². The van der Waals surface area contributed by atoms with Crippen LogP contribution >= 0.6 is 0 Å². The third kappa shape index (κ3) is 4.51. The zero-order valence-corrected chi connectivity index (χ0v) is 18.6. The summed E-state index contributed by atoms with van der Waals surface area (Å²) in [5, 5.41) is 11.1. The molecule has 4 aromatic rings. The fourth-order valence-electron chi connectivity index (χ4n) is 3.95. The first kappa shape index (κ1) is 21.3. The molecule has 5 heterocycles. The number of hydrogen-bond donors (Lipinski definition) is 3. The molecule has 0 radical (unpaired) electrons. The highest BCUT2D eigenvalue weighted by molar-refractivity contribution is 6.02. The molecule has 4 aromatic heterocycles. The second-order valence-electron chi connectivity index (χ2n) is 8.89. The SMILES string of the molecule is CC(C)(F)CNC(=O)c1cnn2ccc(-c3c[nH]c4nc(NC5CCOCC5)ncc34)cc12. The summed E-state index contributed by atoms with van der Waals surface area (Å²) in [7, 11) is 0. The van der Waals surface area contributed by atoms with Gasteiger partial charge >= 0.3 is 0 Å². The Kier molecular flexibility index (Phi) is 5.45. The molecule has 0 atom stereocenters. The third-order valence-electron chi connectivity index (χ3n) is 5.73. The molecular weight excluding hydrogens is 425 g/mol. The quantitative estimate of drug-likeness (QED) is 0.415. The number of anilines is 1. The molecular formula is C23H26FN7O2. The molecule has 0 aromatic carbocycles. The van der Waals surface area contributed by atoms with Crippen LogP contribution in [0.2, 0.25) is 0 Å². The summed E-state index contributed by atoms with van der Waals surface area (Å²) in [4.78, 5) is 25.0. The Balaban J connectivity index is 1.42. The zero-order chi connectivity index (χ0) is 23.0. The van der Waals surface area contributed by atoms with Crippen molar-refractivity contribution in [1.82, 2.24) is 29.9 Å². The molecule has 33 heavy (non-hydrogen) atoms. The fourth-order valence-corrected chi connectivity index (χ4v) is 3.95. The lowest BCUT2D eigenvalue weighted by molar-refractivity contribution is 0.0903. The Morgan fingerprint density at radius 2 is 2.15 bits per heavy atom. The Morgan fingerprint density at radius 3 is 2.94 bits per heavy atom. The summed E-state index contributed by atoms with van der Waals surface area (Å²) in [6.07, 6.45) is 8.83. The topological polar surface area (TPSA) is 109 Å². The van der Waals surface area contributed by atoms with Crippen molar-refractivity contribution < 1.29 is 13.9 Å². The minimum absolute atomic E-state index is 0.0765. The summed E-state index contributed by atoms with van der Waals surface area (Å²) in [5.74, 6) is 0.225. The predicted octanol–water partition coefficient (Wildman–Crippen LogP) is 3.34. The number of carbonyl (C=O) groups excluding carboxylic acids is 1. The Hall–Kier alpha value is -3.53. The number of aromatic nitrogens is 5. The summed E-state index contributed by atoms with van der Waals surface area (Å²) < 4.78 is 20.8. The van der Waals surface area contributed by atoms with Gasteiger partial charge < -0.3 is 20.4 Å². The van der Waals surface area contributed by atoms with E-state index in [1.54, 1.807) is 16.9 Å². The second kappa shape index (κ2) is 8.43. The molecule has 0 aliphatic carbocycles. The van der Waals surface area contributed by atoms with E-state index >= 15 is 0 Å². The maximum Gasteiger partial charge on any atom is 0.255 e. The number of nitrogens with one attached hydrogen (secondary N) is 3. The van der Waals surface area contributed by atoms with Gasteiger partial charge in [0.1, 0.15) is 11.3 Å². The normalized spacial score (nSPS) is 15.2. The number of amides is 1. The average molecular weight is 452 g/mol. The number of nitrogens with zero attached hydrogens (tertiary/aromatic N) is 4. The van der Waals surface area contributed by atoms with E-state index in [9.17, 15) is 9.18 Å². The monoisotopic (exact) mass is 451 g/mol. The predicted molar refractivity (Wildman–Crippen MR) is 123 cm³/mol. The first-order chi connectivity index (χ1) is 15.9. The smallest absolute Gasteiger partial charge is 0.255 e. The molecule has 1 saturated heterocycles. The number of ether oxygens (including phenoxy) is 1. The van der Waals surface area contributed by atoms with Crippen LogP contribution in [0.3, 0.4) is 0 Å². The van der Waals surface area contributed by atoms with E-state index in [-0.39, 0.29) is 12.5 Å². The van der Waals surface area contributed by atoms with Crippen LogP contribution in [0.4, 0.5) is 10.3 Å². The van der Waals surface area contributed by atoms with Gasteiger partial charge in [0.05, 0.1) is 23.8 Å². The Bertz CT molecular complexity index is 1300. The molecule has 1 amide bonds. The first-order valence-corrected chi connectivity index (χ1v) is 11.0. The van der Waals surface area contributed by atoms with E-state index in [4.69, 9.17) is 4.74 Å². The van der Waals surface area contributed by atoms with E-state index in [0.29, 0.717) is 23.1 Å². The number of carbonyl (C=O) groups is 1. The van der Waals surface area contributed by atoms with Crippen LogP contribution in [0.1, 0.15) is 37.0 Å². The van der Waals surface area contributed by atoms with Crippen molar-refractivity contribution in [2.75, 3.05) is 25.1 Å². The van der Waals surface area contributed by atoms with Gasteiger partial charge in [-0.3, -0.25) is 4.79 Å². The summed E-state index contributed by atoms with van der Waals surface area (Å²) in [5.41, 5.74) is 2.07. The molecule has 1 fully saturated rings. The minimum Gasteiger partial charge on any atom is -0.381 e. The van der Waals surface area contributed by atoms with Crippen molar-refractivity contribution >= 4 is 28.4 Å². The van der Waals surface area contributed by atoms with Gasteiger partial charge in [-0.15, -0.1) is 0 Å². The van der Waals surface area contributed by atoms with Gasteiger partial charge in [0.2, 0.25) is 5.95 Å². The molecule has 0 unspecified atom stereocenters. The van der Waals surface area contributed by atoms with Gasteiger partial charge in [0.25, 0.3) is 5.91 Å². The van der Waals surface area contributed by atoms with Gasteiger partial charge in [0.15, 0.2) is 0 Å². The number of alkyl halides is 1. The molecule has 5 rings (SSSR count). The number of rotatable bonds is 6. The standard InChI is InChI=1S/C23H26FN7O2/c1-23(2,24)13-27-21(32)18-12-28-31-6-3-14(9-19(18)31)16-10-25-20-17(16)11-26-22(30-20)29-15-4-7-33-8-5-15/h3,6,9-12,15H,4-5,7-8,13H2,1-2H3,(H,27,32)(H2,25,26,29,30). The van der Waals surface area contributed by atoms with Crippen LogP contribution in [0.15, 0.2) is 36.9 Å². The van der Waals surface area contributed by atoms with Crippen molar-refractivity contribution in [2.45, 2.75) is 38.4 Å². The first-order valence-electron chi connectivity index (χ1n) is 11.0. The molecule has 0 saturated carbocycles. The van der Waals surface area contributed by atoms with Crippen molar-refractivity contribution in [3.63, 3.8) is 0 Å². The molecule has 0 bridgehead atoms. The van der Waals surface area contributed by atoms with Gasteiger partial charge in [-0.25, -0.2) is 13.9 Å².